The second kappa shape index (κ2) is 6.31. The topological polar surface area (TPSA) is 47.6 Å². The van der Waals surface area contributed by atoms with Gasteiger partial charge in [-0.1, -0.05) is 17.7 Å². The fourth-order valence-corrected chi connectivity index (χ4v) is 2.09. The van der Waals surface area contributed by atoms with E-state index < -0.39 is 0 Å². The number of hydrogen-bond donors (Lipinski definition) is 1. The first kappa shape index (κ1) is 14.9. The largest absolute Gasteiger partial charge is 0.493 e. The quantitative estimate of drug-likeness (QED) is 0.934. The van der Waals surface area contributed by atoms with E-state index in [0.29, 0.717) is 22.7 Å². The standard InChI is InChI=1S/C17H19NO3/c1-11-5-6-12(2)14(9-11)17(19)18-13-7-8-15(20-3)16(10-13)21-4/h5-10H,1-4H3,(H,18,19). The van der Waals surface area contributed by atoms with Gasteiger partial charge in [0.25, 0.3) is 5.91 Å². The molecule has 1 N–H and O–H groups in total. The Morgan fingerprint density at radius 3 is 2.33 bits per heavy atom. The molecule has 0 saturated carbocycles. The molecule has 21 heavy (non-hydrogen) atoms. The number of methoxy groups -OCH3 is 2. The molecule has 110 valence electrons. The maximum Gasteiger partial charge on any atom is 0.255 e. The average Bonchev–Trinajstić information content (AvgIpc) is 2.49. The summed E-state index contributed by atoms with van der Waals surface area (Å²) in [5, 5.41) is 2.88. The van der Waals surface area contributed by atoms with Crippen molar-refractivity contribution in [1.29, 1.82) is 0 Å². The SMILES string of the molecule is COc1ccc(NC(=O)c2cc(C)ccc2C)cc1OC. The van der Waals surface area contributed by atoms with Crippen LogP contribution in [-0.4, -0.2) is 20.1 Å². The number of ether oxygens (including phenoxy) is 2. The van der Waals surface area contributed by atoms with Gasteiger partial charge in [0.2, 0.25) is 0 Å². The summed E-state index contributed by atoms with van der Waals surface area (Å²) in [6.07, 6.45) is 0. The Balaban J connectivity index is 2.25. The van der Waals surface area contributed by atoms with Crippen molar-refractivity contribution in [3.63, 3.8) is 0 Å². The number of carbonyl (C=O) groups is 1. The second-order valence-electron chi connectivity index (χ2n) is 4.84. The average molecular weight is 285 g/mol. The molecule has 1 amide bonds. The van der Waals surface area contributed by atoms with Crippen molar-refractivity contribution in [1.82, 2.24) is 0 Å². The molecule has 0 heterocycles. The number of benzene rings is 2. The molecule has 0 aromatic heterocycles. The van der Waals surface area contributed by atoms with Crippen molar-refractivity contribution in [2.24, 2.45) is 0 Å². The highest BCUT2D eigenvalue weighted by Gasteiger charge is 2.11. The smallest absolute Gasteiger partial charge is 0.255 e. The van der Waals surface area contributed by atoms with Gasteiger partial charge in [0, 0.05) is 17.3 Å². The van der Waals surface area contributed by atoms with Gasteiger partial charge in [0.1, 0.15) is 0 Å². The molecule has 0 aliphatic rings. The normalized spacial score (nSPS) is 10.1. The maximum atomic E-state index is 12.4. The summed E-state index contributed by atoms with van der Waals surface area (Å²) in [5.74, 6) is 1.07. The van der Waals surface area contributed by atoms with Gasteiger partial charge >= 0.3 is 0 Å². The molecule has 0 spiro atoms. The van der Waals surface area contributed by atoms with Gasteiger partial charge in [0.15, 0.2) is 11.5 Å². The zero-order valence-electron chi connectivity index (χ0n) is 12.7. The van der Waals surface area contributed by atoms with E-state index in [1.807, 2.05) is 32.0 Å². The second-order valence-corrected chi connectivity index (χ2v) is 4.84. The first-order valence-electron chi connectivity index (χ1n) is 6.65. The maximum absolute atomic E-state index is 12.4. The Bertz CT molecular complexity index is 665. The molecule has 0 fully saturated rings. The lowest BCUT2D eigenvalue weighted by atomic mass is 10.0. The van der Waals surface area contributed by atoms with Crippen molar-refractivity contribution in [2.45, 2.75) is 13.8 Å². The summed E-state index contributed by atoms with van der Waals surface area (Å²) in [6, 6.07) is 11.1. The van der Waals surface area contributed by atoms with Crippen LogP contribution >= 0.6 is 0 Å². The first-order valence-corrected chi connectivity index (χ1v) is 6.65. The molecule has 4 nitrogen and oxygen atoms in total. The lowest BCUT2D eigenvalue weighted by Gasteiger charge is -2.12. The molecule has 2 aromatic carbocycles. The summed E-state index contributed by atoms with van der Waals surface area (Å²) < 4.78 is 10.4. The van der Waals surface area contributed by atoms with E-state index in [1.165, 1.54) is 0 Å². The molecule has 2 aromatic rings. The Hall–Kier alpha value is -2.49. The Morgan fingerprint density at radius 1 is 0.952 bits per heavy atom. The van der Waals surface area contributed by atoms with Crippen molar-refractivity contribution >= 4 is 11.6 Å². The molecule has 4 heteroatoms. The van der Waals surface area contributed by atoms with Crippen LogP contribution in [0.2, 0.25) is 0 Å². The van der Waals surface area contributed by atoms with E-state index in [4.69, 9.17) is 9.47 Å². The lowest BCUT2D eigenvalue weighted by Crippen LogP contribution is -2.13. The molecule has 0 radical (unpaired) electrons. The molecule has 2 rings (SSSR count). The van der Waals surface area contributed by atoms with Crippen molar-refractivity contribution in [2.75, 3.05) is 19.5 Å². The third-order valence-corrected chi connectivity index (χ3v) is 3.28. The highest BCUT2D eigenvalue weighted by atomic mass is 16.5. The number of carbonyl (C=O) groups excluding carboxylic acids is 1. The third kappa shape index (κ3) is 3.34. The fourth-order valence-electron chi connectivity index (χ4n) is 2.09. The minimum atomic E-state index is -0.136. The van der Waals surface area contributed by atoms with E-state index in [-0.39, 0.29) is 5.91 Å². The van der Waals surface area contributed by atoms with Crippen LogP contribution in [0.25, 0.3) is 0 Å². The molecule has 0 aliphatic heterocycles. The van der Waals surface area contributed by atoms with Crippen molar-refractivity contribution in [3.8, 4) is 11.5 Å². The van der Waals surface area contributed by atoms with Crippen LogP contribution in [0.5, 0.6) is 11.5 Å². The van der Waals surface area contributed by atoms with Crippen LogP contribution in [0, 0.1) is 13.8 Å². The minimum absolute atomic E-state index is 0.136. The van der Waals surface area contributed by atoms with Crippen LogP contribution in [0.3, 0.4) is 0 Å². The Labute approximate surface area is 124 Å². The van der Waals surface area contributed by atoms with E-state index in [0.717, 1.165) is 11.1 Å². The number of amides is 1. The minimum Gasteiger partial charge on any atom is -0.493 e. The van der Waals surface area contributed by atoms with E-state index in [9.17, 15) is 4.79 Å². The number of aryl methyl sites for hydroxylation is 2. The summed E-state index contributed by atoms with van der Waals surface area (Å²) in [7, 11) is 3.14. The van der Waals surface area contributed by atoms with Gasteiger partial charge in [0.05, 0.1) is 14.2 Å². The number of rotatable bonds is 4. The number of hydrogen-bond acceptors (Lipinski definition) is 3. The predicted octanol–water partition coefficient (Wildman–Crippen LogP) is 3.57. The van der Waals surface area contributed by atoms with Gasteiger partial charge in [-0.15, -0.1) is 0 Å². The molecular formula is C17H19NO3. The predicted molar refractivity (Wildman–Crippen MR) is 83.4 cm³/mol. The van der Waals surface area contributed by atoms with E-state index >= 15 is 0 Å². The van der Waals surface area contributed by atoms with Gasteiger partial charge in [-0.25, -0.2) is 0 Å². The van der Waals surface area contributed by atoms with Crippen LogP contribution in [0.1, 0.15) is 21.5 Å². The van der Waals surface area contributed by atoms with Gasteiger partial charge in [-0.05, 0) is 37.6 Å². The number of nitrogens with one attached hydrogen (secondary N) is 1. The first-order chi connectivity index (χ1) is 10.0. The highest BCUT2D eigenvalue weighted by Crippen LogP contribution is 2.30. The molecule has 0 atom stereocenters. The van der Waals surface area contributed by atoms with Gasteiger partial charge in [-0.2, -0.15) is 0 Å². The van der Waals surface area contributed by atoms with Crippen molar-refractivity contribution < 1.29 is 14.3 Å². The summed E-state index contributed by atoms with van der Waals surface area (Å²) >= 11 is 0. The molecule has 0 saturated heterocycles. The molecule has 0 unspecified atom stereocenters. The molecular weight excluding hydrogens is 266 g/mol. The molecule has 0 aliphatic carbocycles. The van der Waals surface area contributed by atoms with Crippen LogP contribution in [-0.2, 0) is 0 Å². The van der Waals surface area contributed by atoms with Crippen LogP contribution in [0.4, 0.5) is 5.69 Å². The highest BCUT2D eigenvalue weighted by molar-refractivity contribution is 6.05. The summed E-state index contributed by atoms with van der Waals surface area (Å²) in [4.78, 5) is 12.4. The fraction of sp³-hybridized carbons (Fsp3) is 0.235. The van der Waals surface area contributed by atoms with E-state index in [1.54, 1.807) is 32.4 Å². The van der Waals surface area contributed by atoms with Gasteiger partial charge in [-0.3, -0.25) is 4.79 Å². The monoisotopic (exact) mass is 285 g/mol. The summed E-state index contributed by atoms with van der Waals surface area (Å²) in [6.45, 7) is 3.88. The third-order valence-electron chi connectivity index (χ3n) is 3.28. The molecule has 0 bridgehead atoms. The van der Waals surface area contributed by atoms with E-state index in [2.05, 4.69) is 5.32 Å². The zero-order valence-corrected chi connectivity index (χ0v) is 12.7. The van der Waals surface area contributed by atoms with Crippen molar-refractivity contribution in [3.05, 3.63) is 53.1 Å². The lowest BCUT2D eigenvalue weighted by molar-refractivity contribution is 0.102. The Morgan fingerprint density at radius 2 is 1.67 bits per heavy atom. The number of anilines is 1. The van der Waals surface area contributed by atoms with Crippen LogP contribution < -0.4 is 14.8 Å². The zero-order chi connectivity index (χ0) is 15.4. The summed E-state index contributed by atoms with van der Waals surface area (Å²) in [5.41, 5.74) is 3.33. The van der Waals surface area contributed by atoms with Gasteiger partial charge < -0.3 is 14.8 Å². The van der Waals surface area contributed by atoms with Crippen LogP contribution in [0.15, 0.2) is 36.4 Å². The Kier molecular flexibility index (Phi) is 4.48.